The minimum atomic E-state index is -4.40. The zero-order chi connectivity index (χ0) is 20.1. The van der Waals surface area contributed by atoms with Gasteiger partial charge in [-0.3, -0.25) is 9.89 Å². The number of aromatic amines is 1. The fraction of sp³-hybridized carbons (Fsp3) is 0.500. The number of hydrogen-bond acceptors (Lipinski definition) is 5. The molecular formula is C18H20F3N5O2. The molecule has 1 fully saturated rings. The van der Waals surface area contributed by atoms with Crippen molar-refractivity contribution in [3.63, 3.8) is 0 Å². The number of hydrogen-bond donors (Lipinski definition) is 3. The van der Waals surface area contributed by atoms with E-state index >= 15 is 0 Å². The first-order valence-electron chi connectivity index (χ1n) is 9.11. The summed E-state index contributed by atoms with van der Waals surface area (Å²) in [7, 11) is 0. The van der Waals surface area contributed by atoms with Crippen molar-refractivity contribution in [3.8, 4) is 0 Å². The van der Waals surface area contributed by atoms with Crippen LogP contribution < -0.4 is 10.2 Å². The van der Waals surface area contributed by atoms with Crippen LogP contribution in [0.3, 0.4) is 0 Å². The molecule has 0 aromatic carbocycles. The predicted molar refractivity (Wildman–Crippen MR) is 95.1 cm³/mol. The van der Waals surface area contributed by atoms with Gasteiger partial charge in [-0.25, -0.2) is 4.98 Å². The molecule has 4 rings (SSSR count). The van der Waals surface area contributed by atoms with Crippen LogP contribution in [0.15, 0.2) is 18.3 Å². The number of fused-ring (bicyclic) bond motifs is 1. The number of nitrogens with zero attached hydrogens (tertiary/aromatic N) is 3. The maximum Gasteiger partial charge on any atom is 0.416 e. The zero-order valence-corrected chi connectivity index (χ0v) is 15.1. The largest absolute Gasteiger partial charge is 0.416 e. The van der Waals surface area contributed by atoms with Crippen molar-refractivity contribution in [2.75, 3.05) is 23.3 Å². The highest BCUT2D eigenvalue weighted by Crippen LogP contribution is 2.40. The van der Waals surface area contributed by atoms with Gasteiger partial charge >= 0.3 is 6.18 Å². The van der Waals surface area contributed by atoms with Gasteiger partial charge in [-0.2, -0.15) is 18.3 Å². The Morgan fingerprint density at radius 2 is 2.00 bits per heavy atom. The van der Waals surface area contributed by atoms with Crippen molar-refractivity contribution in [1.82, 2.24) is 15.2 Å². The minimum absolute atomic E-state index is 0.0895. The molecular weight excluding hydrogens is 375 g/mol. The second-order valence-electron chi connectivity index (χ2n) is 7.28. The number of carbonyl (C=O) groups is 1. The van der Waals surface area contributed by atoms with Crippen LogP contribution in [0, 0.1) is 0 Å². The summed E-state index contributed by atoms with van der Waals surface area (Å²) in [4.78, 5) is 17.7. The first-order valence-corrected chi connectivity index (χ1v) is 9.11. The topological polar surface area (TPSA) is 94.1 Å². The first kappa shape index (κ1) is 18.7. The van der Waals surface area contributed by atoms with Crippen molar-refractivity contribution in [2.24, 2.45) is 0 Å². The molecule has 2 atom stereocenters. The Hall–Kier alpha value is -2.62. The van der Waals surface area contributed by atoms with E-state index in [9.17, 15) is 23.1 Å². The Morgan fingerprint density at radius 1 is 1.29 bits per heavy atom. The Bertz CT molecular complexity index is 890. The van der Waals surface area contributed by atoms with Crippen molar-refractivity contribution in [3.05, 3.63) is 35.2 Å². The number of rotatable bonds is 2. The van der Waals surface area contributed by atoms with Gasteiger partial charge in [0, 0.05) is 36.7 Å². The summed E-state index contributed by atoms with van der Waals surface area (Å²) in [5.41, 5.74) is 0.903. The molecule has 4 heterocycles. The van der Waals surface area contributed by atoms with E-state index in [-0.39, 0.29) is 11.8 Å². The Kier molecular flexibility index (Phi) is 4.53. The number of carbonyl (C=O) groups excluding carboxylic acids is 1. The van der Waals surface area contributed by atoms with Gasteiger partial charge in [-0.05, 0) is 25.0 Å². The summed E-state index contributed by atoms with van der Waals surface area (Å²) in [5, 5.41) is 19.9. The lowest BCUT2D eigenvalue weighted by atomic mass is 9.84. The van der Waals surface area contributed by atoms with Gasteiger partial charge in [0.15, 0.2) is 0 Å². The number of pyridine rings is 1. The molecule has 0 aliphatic carbocycles. The number of H-pyrrole nitrogens is 1. The molecule has 10 heteroatoms. The molecule has 0 spiro atoms. The predicted octanol–water partition coefficient (Wildman–Crippen LogP) is 2.62. The average molecular weight is 395 g/mol. The van der Waals surface area contributed by atoms with Crippen LogP contribution in [0.1, 0.15) is 48.4 Å². The van der Waals surface area contributed by atoms with Gasteiger partial charge < -0.3 is 15.3 Å². The highest BCUT2D eigenvalue weighted by molar-refractivity contribution is 5.97. The van der Waals surface area contributed by atoms with E-state index in [0.717, 1.165) is 23.4 Å². The standard InChI is InChI=1S/C18H20F3N5O2/c1-9-13-14(24-25-16(13)23-17(28)15(9)27)10-3-6-26(7-4-10)12-8-11(2-5-22-12)18(19,20)21/h2,5,8-10,15,27H,3-4,6-7H2,1H3,(H2,23,24,25,28)/t9-,15-/m0/s1. The van der Waals surface area contributed by atoms with Crippen LogP contribution in [0.25, 0.3) is 0 Å². The van der Waals surface area contributed by atoms with Gasteiger partial charge in [0.2, 0.25) is 0 Å². The number of alkyl halides is 3. The molecule has 28 heavy (non-hydrogen) atoms. The average Bonchev–Trinajstić information content (AvgIpc) is 3.09. The molecule has 2 aromatic rings. The monoisotopic (exact) mass is 395 g/mol. The van der Waals surface area contributed by atoms with E-state index in [1.807, 2.05) is 4.90 Å². The van der Waals surface area contributed by atoms with Crippen LogP contribution in [-0.2, 0) is 11.0 Å². The fourth-order valence-electron chi connectivity index (χ4n) is 3.96. The Labute approximate surface area is 159 Å². The molecule has 1 amide bonds. The number of amides is 1. The van der Waals surface area contributed by atoms with Crippen LogP contribution in [-0.4, -0.2) is 45.4 Å². The summed E-state index contributed by atoms with van der Waals surface area (Å²) in [6, 6.07) is 2.04. The third kappa shape index (κ3) is 3.21. The molecule has 0 bridgehead atoms. The highest BCUT2D eigenvalue weighted by atomic mass is 19.4. The first-order chi connectivity index (χ1) is 13.3. The van der Waals surface area contributed by atoms with Crippen molar-refractivity contribution in [2.45, 2.75) is 43.9 Å². The number of nitrogens with one attached hydrogen (secondary N) is 2. The molecule has 2 aromatic heterocycles. The van der Waals surface area contributed by atoms with E-state index in [1.165, 1.54) is 6.20 Å². The number of halogens is 3. The smallest absolute Gasteiger partial charge is 0.383 e. The molecule has 0 saturated carbocycles. The van der Waals surface area contributed by atoms with E-state index in [4.69, 9.17) is 0 Å². The number of piperidine rings is 1. The number of aliphatic hydroxyl groups excluding tert-OH is 1. The summed E-state index contributed by atoms with van der Waals surface area (Å²) in [5.74, 6) is 0.0844. The molecule has 0 unspecified atom stereocenters. The van der Waals surface area contributed by atoms with Crippen LogP contribution in [0.4, 0.5) is 24.8 Å². The highest BCUT2D eigenvalue weighted by Gasteiger charge is 2.38. The van der Waals surface area contributed by atoms with Crippen molar-refractivity contribution in [1.29, 1.82) is 0 Å². The SMILES string of the molecule is C[C@H]1c2c(C3CCN(c4cc(C(F)(F)F)ccn4)CC3)n[nH]c2NC(=O)[C@H]1O. The molecule has 2 aliphatic rings. The van der Waals surface area contributed by atoms with E-state index in [0.29, 0.717) is 37.6 Å². The summed E-state index contributed by atoms with van der Waals surface area (Å²) in [6.07, 6.45) is -2.97. The molecule has 7 nitrogen and oxygen atoms in total. The molecule has 0 radical (unpaired) electrons. The zero-order valence-electron chi connectivity index (χ0n) is 15.1. The van der Waals surface area contributed by atoms with Gasteiger partial charge in [-0.1, -0.05) is 6.92 Å². The molecule has 2 aliphatic heterocycles. The molecule has 150 valence electrons. The Balaban J connectivity index is 1.50. The maximum atomic E-state index is 12.9. The van der Waals surface area contributed by atoms with Crippen LogP contribution in [0.5, 0.6) is 0 Å². The number of aromatic nitrogens is 3. The molecule has 3 N–H and O–H groups in total. The van der Waals surface area contributed by atoms with Crippen molar-refractivity contribution >= 4 is 17.5 Å². The lowest BCUT2D eigenvalue weighted by Crippen LogP contribution is -2.38. The minimum Gasteiger partial charge on any atom is -0.383 e. The number of aliphatic hydroxyl groups is 1. The fourth-order valence-corrected chi connectivity index (χ4v) is 3.96. The summed E-state index contributed by atoms with van der Waals surface area (Å²) in [6.45, 7) is 2.87. The van der Waals surface area contributed by atoms with Crippen LogP contribution >= 0.6 is 0 Å². The maximum absolute atomic E-state index is 12.9. The quantitative estimate of drug-likeness (QED) is 0.727. The van der Waals surface area contributed by atoms with Gasteiger partial charge in [0.25, 0.3) is 5.91 Å². The van der Waals surface area contributed by atoms with Crippen molar-refractivity contribution < 1.29 is 23.1 Å². The van der Waals surface area contributed by atoms with Gasteiger partial charge in [-0.15, -0.1) is 0 Å². The summed E-state index contributed by atoms with van der Waals surface area (Å²) >= 11 is 0. The van der Waals surface area contributed by atoms with Crippen LogP contribution in [0.2, 0.25) is 0 Å². The lowest BCUT2D eigenvalue weighted by molar-refractivity contribution is -0.137. The second kappa shape index (κ2) is 6.77. The van der Waals surface area contributed by atoms with E-state index in [1.54, 1.807) is 6.92 Å². The van der Waals surface area contributed by atoms with Gasteiger partial charge in [0.1, 0.15) is 17.7 Å². The van der Waals surface area contributed by atoms with Gasteiger partial charge in [0.05, 0.1) is 11.3 Å². The Morgan fingerprint density at radius 3 is 2.68 bits per heavy atom. The summed E-state index contributed by atoms with van der Waals surface area (Å²) < 4.78 is 38.8. The van der Waals surface area contributed by atoms with E-state index < -0.39 is 23.8 Å². The third-order valence-electron chi connectivity index (χ3n) is 5.56. The molecule has 1 saturated heterocycles. The van der Waals surface area contributed by atoms with E-state index in [2.05, 4.69) is 20.5 Å². The third-order valence-corrected chi connectivity index (χ3v) is 5.56. The second-order valence-corrected chi connectivity index (χ2v) is 7.28. The normalized spacial score (nSPS) is 23.5. The number of anilines is 2. The lowest BCUT2D eigenvalue weighted by Gasteiger charge is -2.33.